The van der Waals surface area contributed by atoms with Gasteiger partial charge >= 0.3 is 6.03 Å². The molecule has 1 saturated heterocycles. The van der Waals surface area contributed by atoms with Gasteiger partial charge in [-0.25, -0.2) is 19.4 Å². The Bertz CT molecular complexity index is 1540. The smallest absolute Gasteiger partial charge is 0.324 e. The molecule has 218 valence electrons. The lowest BCUT2D eigenvalue weighted by molar-refractivity contribution is 0.0303. The number of carbonyl (C=O) groups excluding carboxylic acids is 2. The first-order chi connectivity index (χ1) is 20.2. The summed E-state index contributed by atoms with van der Waals surface area (Å²) >= 11 is 0. The topological polar surface area (TPSA) is 136 Å². The maximum Gasteiger partial charge on any atom is 0.324 e. The fourth-order valence-electron chi connectivity index (χ4n) is 4.27. The third-order valence-electron chi connectivity index (χ3n) is 6.61. The number of morpholine rings is 1. The quantitative estimate of drug-likeness (QED) is 0.285. The highest BCUT2D eigenvalue weighted by atomic mass is 16.5. The molecular formula is C30H34N8O4. The van der Waals surface area contributed by atoms with Gasteiger partial charge in [0.1, 0.15) is 23.7 Å². The molecule has 0 radical (unpaired) electrons. The number of carbonyl (C=O) groups is 2. The molecule has 3 N–H and O–H groups in total. The molecule has 3 amide bonds. The molecule has 3 heterocycles. The van der Waals surface area contributed by atoms with Crippen LogP contribution in [-0.2, 0) is 10.2 Å². The Kier molecular flexibility index (Phi) is 8.34. The van der Waals surface area contributed by atoms with Gasteiger partial charge in [0.05, 0.1) is 24.6 Å². The van der Waals surface area contributed by atoms with E-state index in [9.17, 15) is 9.59 Å². The van der Waals surface area contributed by atoms with Gasteiger partial charge in [0.15, 0.2) is 0 Å². The van der Waals surface area contributed by atoms with E-state index in [0.29, 0.717) is 66.5 Å². The molecule has 2 aromatic heterocycles. The minimum atomic E-state index is -0.432. The number of nitrogens with one attached hydrogen (secondary N) is 3. The molecule has 1 aliphatic rings. The van der Waals surface area contributed by atoms with Crippen LogP contribution < -0.4 is 20.7 Å². The van der Waals surface area contributed by atoms with Crippen molar-refractivity contribution in [2.75, 3.05) is 49.3 Å². The van der Waals surface area contributed by atoms with Gasteiger partial charge in [-0.2, -0.15) is 5.10 Å². The SMILES string of the molecule is CNc1cc(Oc2ccc(NC(=O)Nc3cc(C(C)(C)C)nn3-c3ccc(C(=O)N4CCOCC4)cc3)cc2)ncn1. The summed E-state index contributed by atoms with van der Waals surface area (Å²) in [4.78, 5) is 35.8. The third-order valence-corrected chi connectivity index (χ3v) is 6.61. The second-order valence-electron chi connectivity index (χ2n) is 10.7. The monoisotopic (exact) mass is 570 g/mol. The molecule has 0 atom stereocenters. The van der Waals surface area contributed by atoms with E-state index in [-0.39, 0.29) is 11.3 Å². The van der Waals surface area contributed by atoms with Crippen LogP contribution in [0.15, 0.2) is 67.0 Å². The van der Waals surface area contributed by atoms with Crippen LogP contribution in [0.4, 0.5) is 22.1 Å². The van der Waals surface area contributed by atoms with Crippen LogP contribution in [0.5, 0.6) is 11.6 Å². The Morgan fingerprint density at radius 3 is 2.31 bits per heavy atom. The molecule has 4 aromatic rings. The molecule has 0 saturated carbocycles. The number of hydrogen-bond acceptors (Lipinski definition) is 8. The first-order valence-corrected chi connectivity index (χ1v) is 13.6. The van der Waals surface area contributed by atoms with Crippen LogP contribution in [0.1, 0.15) is 36.8 Å². The van der Waals surface area contributed by atoms with Crippen molar-refractivity contribution in [1.29, 1.82) is 0 Å². The minimum absolute atomic E-state index is 0.0328. The zero-order chi connectivity index (χ0) is 29.7. The average Bonchev–Trinajstić information content (AvgIpc) is 3.43. The van der Waals surface area contributed by atoms with Crippen molar-refractivity contribution in [3.63, 3.8) is 0 Å². The largest absolute Gasteiger partial charge is 0.439 e. The fourth-order valence-corrected chi connectivity index (χ4v) is 4.27. The Morgan fingerprint density at radius 1 is 0.929 bits per heavy atom. The molecule has 12 nitrogen and oxygen atoms in total. The number of ether oxygens (including phenoxy) is 2. The lowest BCUT2D eigenvalue weighted by Crippen LogP contribution is -2.40. The van der Waals surface area contributed by atoms with E-state index < -0.39 is 6.03 Å². The van der Waals surface area contributed by atoms with E-state index in [1.807, 2.05) is 18.2 Å². The van der Waals surface area contributed by atoms with E-state index in [1.54, 1.807) is 59.1 Å². The van der Waals surface area contributed by atoms with Gasteiger partial charge in [0.25, 0.3) is 5.91 Å². The number of rotatable bonds is 7. The van der Waals surface area contributed by atoms with Crippen molar-refractivity contribution in [1.82, 2.24) is 24.6 Å². The van der Waals surface area contributed by atoms with E-state index in [2.05, 4.69) is 46.7 Å². The molecule has 1 fully saturated rings. The zero-order valence-corrected chi connectivity index (χ0v) is 24.0. The predicted octanol–water partition coefficient (Wildman–Crippen LogP) is 4.91. The first kappa shape index (κ1) is 28.6. The highest BCUT2D eigenvalue weighted by Gasteiger charge is 2.23. The number of amides is 3. The van der Waals surface area contributed by atoms with Crippen LogP contribution in [0.25, 0.3) is 5.69 Å². The highest BCUT2D eigenvalue weighted by molar-refractivity contribution is 5.99. The summed E-state index contributed by atoms with van der Waals surface area (Å²) in [6.45, 7) is 8.40. The van der Waals surface area contributed by atoms with Crippen LogP contribution in [0.3, 0.4) is 0 Å². The third kappa shape index (κ3) is 6.84. The molecule has 42 heavy (non-hydrogen) atoms. The molecule has 0 unspecified atom stereocenters. The van der Waals surface area contributed by atoms with Crippen molar-refractivity contribution in [3.8, 4) is 17.3 Å². The number of benzene rings is 2. The number of hydrogen-bond donors (Lipinski definition) is 3. The molecule has 0 bridgehead atoms. The second-order valence-corrected chi connectivity index (χ2v) is 10.7. The molecule has 12 heteroatoms. The minimum Gasteiger partial charge on any atom is -0.439 e. The van der Waals surface area contributed by atoms with Crippen molar-refractivity contribution in [3.05, 3.63) is 78.2 Å². The summed E-state index contributed by atoms with van der Waals surface area (Å²) in [5.41, 5.74) is 2.43. The van der Waals surface area contributed by atoms with Crippen molar-refractivity contribution in [2.45, 2.75) is 26.2 Å². The normalized spacial score (nSPS) is 13.4. The van der Waals surface area contributed by atoms with Gasteiger partial charge < -0.3 is 25.0 Å². The van der Waals surface area contributed by atoms with Crippen LogP contribution in [-0.4, -0.2) is 69.9 Å². The Morgan fingerprint density at radius 2 is 1.64 bits per heavy atom. The molecule has 0 spiro atoms. The molecule has 5 rings (SSSR count). The standard InChI is InChI=1S/C30H34N8O4/c1-30(2,3)24-17-26(38(36-24)22-9-5-20(6-10-22)28(39)37-13-15-41-16-14-37)35-29(40)34-21-7-11-23(12-8-21)42-27-18-25(31-4)32-19-33-27/h5-12,17-19H,13-16H2,1-4H3,(H,31,32,33)(H2,34,35,40). The number of nitrogens with zero attached hydrogens (tertiary/aromatic N) is 5. The Labute approximate surface area is 244 Å². The van der Waals surface area contributed by atoms with Crippen LogP contribution in [0, 0.1) is 0 Å². The summed E-state index contributed by atoms with van der Waals surface area (Å²) < 4.78 is 12.8. The number of aromatic nitrogens is 4. The van der Waals surface area contributed by atoms with Gasteiger partial charge in [-0.05, 0) is 48.5 Å². The summed E-state index contributed by atoms with van der Waals surface area (Å²) in [6.07, 6.45) is 1.41. The highest BCUT2D eigenvalue weighted by Crippen LogP contribution is 2.27. The van der Waals surface area contributed by atoms with E-state index in [1.165, 1.54) is 6.33 Å². The fraction of sp³-hybridized carbons (Fsp3) is 0.300. The molecule has 0 aliphatic carbocycles. The van der Waals surface area contributed by atoms with Crippen molar-refractivity contribution < 1.29 is 19.1 Å². The van der Waals surface area contributed by atoms with Gasteiger partial charge in [0.2, 0.25) is 5.88 Å². The maximum absolute atomic E-state index is 13.0. The van der Waals surface area contributed by atoms with E-state index in [4.69, 9.17) is 14.6 Å². The van der Waals surface area contributed by atoms with E-state index in [0.717, 1.165) is 5.69 Å². The van der Waals surface area contributed by atoms with Gasteiger partial charge in [0, 0.05) is 48.9 Å². The van der Waals surface area contributed by atoms with Gasteiger partial charge in [-0.1, -0.05) is 20.8 Å². The van der Waals surface area contributed by atoms with Crippen LogP contribution >= 0.6 is 0 Å². The van der Waals surface area contributed by atoms with Crippen LogP contribution in [0.2, 0.25) is 0 Å². The molecule has 1 aliphatic heterocycles. The van der Waals surface area contributed by atoms with Crippen molar-refractivity contribution >= 4 is 29.3 Å². The Hall–Kier alpha value is -4.97. The van der Waals surface area contributed by atoms with Crippen molar-refractivity contribution in [2.24, 2.45) is 0 Å². The molecular weight excluding hydrogens is 536 g/mol. The Balaban J connectivity index is 1.28. The van der Waals surface area contributed by atoms with Gasteiger partial charge in [-0.3, -0.25) is 10.1 Å². The van der Waals surface area contributed by atoms with E-state index >= 15 is 0 Å². The van der Waals surface area contributed by atoms with Gasteiger partial charge in [-0.15, -0.1) is 0 Å². The number of anilines is 3. The average molecular weight is 571 g/mol. The number of urea groups is 1. The molecule has 2 aromatic carbocycles. The summed E-state index contributed by atoms with van der Waals surface area (Å²) in [6, 6.07) is 17.2. The maximum atomic E-state index is 13.0. The lowest BCUT2D eigenvalue weighted by atomic mass is 9.92. The lowest BCUT2D eigenvalue weighted by Gasteiger charge is -2.26. The second kappa shape index (κ2) is 12.3. The summed E-state index contributed by atoms with van der Waals surface area (Å²) in [5, 5.41) is 13.5. The zero-order valence-electron chi connectivity index (χ0n) is 24.0. The first-order valence-electron chi connectivity index (χ1n) is 13.6. The summed E-state index contributed by atoms with van der Waals surface area (Å²) in [5.74, 6) is 2.06. The predicted molar refractivity (Wildman–Crippen MR) is 160 cm³/mol. The summed E-state index contributed by atoms with van der Waals surface area (Å²) in [7, 11) is 1.76.